The fraction of sp³-hybridized carbons (Fsp3) is 0.474. The van der Waals surface area contributed by atoms with Crippen LogP contribution in [-0.2, 0) is 29.2 Å². The van der Waals surface area contributed by atoms with E-state index in [1.807, 2.05) is 18.2 Å². The highest BCUT2D eigenvalue weighted by atomic mass is 35.5. The maximum Gasteiger partial charge on any atom is 0.304 e. The molecule has 3 N–H and O–H groups in total. The van der Waals surface area contributed by atoms with Gasteiger partial charge in [-0.15, -0.1) is 0 Å². The number of rotatable bonds is 9. The third-order valence-corrected chi connectivity index (χ3v) is 12.8. The van der Waals surface area contributed by atoms with E-state index < -0.39 is 74.9 Å². The average Bonchev–Trinajstić information content (AvgIpc) is 4.07. The summed E-state index contributed by atoms with van der Waals surface area (Å²) in [6, 6.07) is 9.36. The molecule has 5 atom stereocenters. The van der Waals surface area contributed by atoms with E-state index >= 15 is 0 Å². The lowest BCUT2D eigenvalue weighted by atomic mass is 9.95. The first-order valence-corrected chi connectivity index (χ1v) is 20.1. The van der Waals surface area contributed by atoms with Gasteiger partial charge in [-0.2, -0.15) is 0 Å². The van der Waals surface area contributed by atoms with Crippen LogP contribution in [0.1, 0.15) is 64.2 Å². The van der Waals surface area contributed by atoms with Crippen LogP contribution in [0.15, 0.2) is 54.7 Å². The molecule has 2 aliphatic heterocycles. The number of aliphatic carboxylic acids is 1. The van der Waals surface area contributed by atoms with Crippen molar-refractivity contribution in [2.24, 2.45) is 11.8 Å². The number of nitrogens with zero attached hydrogens (tertiary/aromatic N) is 3. The minimum Gasteiger partial charge on any atom is -0.495 e. The van der Waals surface area contributed by atoms with Crippen LogP contribution in [0.4, 0.5) is 0 Å². The van der Waals surface area contributed by atoms with Crippen LogP contribution in [0.3, 0.4) is 0 Å². The van der Waals surface area contributed by atoms with Gasteiger partial charge < -0.3 is 24.8 Å². The molecule has 1 unspecified atom stereocenters. The second kappa shape index (κ2) is 15.2. The monoisotopic (exact) mass is 779 g/mol. The molecule has 2 aromatic heterocycles. The minimum absolute atomic E-state index is 0.00255. The quantitative estimate of drug-likeness (QED) is 0.261. The van der Waals surface area contributed by atoms with Crippen LogP contribution >= 0.6 is 11.6 Å². The first-order chi connectivity index (χ1) is 25.9. The molecule has 1 saturated heterocycles. The molecular formula is C38H42ClN5O9S. The standard InChI is InChI=1S/C38H42ClN5O9S/c1-52-30-15-14-26-31(19-28(41-34(26)33(30)39)27-11-7-8-16-40-27)53-24-18-29-35(47)42-38(37(49)43-54(50,51)25-12-13-25)20-23(38)10-6-4-2-3-5-9-22(17-32(45)46)36(48)44(29)21-24/h6-8,10-11,14-16,19,22-25,29H,2-5,9,12-13,17-18,20-21H2,1H3,(H,42,47)(H,43,49)(H,45,46)/t22-,23?,24-,29+,38-/m1/s1. The molecular weight excluding hydrogens is 738 g/mol. The minimum atomic E-state index is -3.91. The van der Waals surface area contributed by atoms with Crippen molar-refractivity contribution >= 4 is 56.2 Å². The molecule has 2 saturated carbocycles. The zero-order valence-corrected chi connectivity index (χ0v) is 31.3. The number of ether oxygens (including phenoxy) is 2. The number of benzene rings is 1. The number of methoxy groups -OCH3 is 1. The predicted octanol–water partition coefficient (Wildman–Crippen LogP) is 4.40. The average molecular weight is 780 g/mol. The Labute approximate surface area is 317 Å². The van der Waals surface area contributed by atoms with Gasteiger partial charge in [-0.1, -0.05) is 42.7 Å². The summed E-state index contributed by atoms with van der Waals surface area (Å²) >= 11 is 6.74. The number of fused-ring (bicyclic) bond motifs is 3. The SMILES string of the molecule is COc1ccc2c(O[C@@H]3C[C@H]4C(=O)N[C@]5(C(=O)NS(=O)(=O)C6CC6)CC5C=CCCCCC[C@H](CC(=O)O)C(=O)N4C3)cc(-c3ccccn3)nc2c1Cl. The molecule has 16 heteroatoms. The van der Waals surface area contributed by atoms with Crippen molar-refractivity contribution in [1.29, 1.82) is 0 Å². The zero-order valence-electron chi connectivity index (χ0n) is 29.7. The molecule has 2 aliphatic carbocycles. The highest BCUT2D eigenvalue weighted by molar-refractivity contribution is 7.91. The van der Waals surface area contributed by atoms with Crippen LogP contribution < -0.4 is 19.5 Å². The van der Waals surface area contributed by atoms with E-state index in [0.717, 1.165) is 12.8 Å². The number of carbonyl (C=O) groups excluding carboxylic acids is 3. The second-order valence-corrected chi connectivity index (χ2v) is 16.8. The summed E-state index contributed by atoms with van der Waals surface area (Å²) in [5.74, 6) is -3.68. The van der Waals surface area contributed by atoms with E-state index in [0.29, 0.717) is 65.9 Å². The van der Waals surface area contributed by atoms with Gasteiger partial charge >= 0.3 is 5.97 Å². The molecule has 0 bridgehead atoms. The van der Waals surface area contributed by atoms with Crippen molar-refractivity contribution in [2.45, 2.75) is 87.1 Å². The molecule has 1 aromatic carbocycles. The summed E-state index contributed by atoms with van der Waals surface area (Å²) in [5, 5.41) is 12.8. The van der Waals surface area contributed by atoms with Gasteiger partial charge in [-0.25, -0.2) is 13.4 Å². The van der Waals surface area contributed by atoms with E-state index in [1.54, 1.807) is 36.5 Å². The molecule has 3 aromatic rings. The summed E-state index contributed by atoms with van der Waals surface area (Å²) in [6.07, 6.45) is 8.46. The number of hydrogen-bond acceptors (Lipinski definition) is 10. The fourth-order valence-corrected chi connectivity index (χ4v) is 9.13. The first kappa shape index (κ1) is 37.6. The lowest BCUT2D eigenvalue weighted by molar-refractivity contribution is -0.147. The summed E-state index contributed by atoms with van der Waals surface area (Å²) in [5.41, 5.74) is -0.135. The predicted molar refractivity (Wildman–Crippen MR) is 198 cm³/mol. The summed E-state index contributed by atoms with van der Waals surface area (Å²) < 4.78 is 39.9. The van der Waals surface area contributed by atoms with Crippen molar-refractivity contribution in [3.05, 3.63) is 59.8 Å². The molecule has 3 fully saturated rings. The van der Waals surface area contributed by atoms with Crippen LogP contribution in [0.25, 0.3) is 22.3 Å². The number of halogens is 1. The largest absolute Gasteiger partial charge is 0.495 e. The summed E-state index contributed by atoms with van der Waals surface area (Å²) in [6.45, 7) is -0.0573. The Morgan fingerprint density at radius 1 is 1.09 bits per heavy atom. The maximum atomic E-state index is 14.4. The highest BCUT2D eigenvalue weighted by Crippen LogP contribution is 2.46. The Morgan fingerprint density at radius 2 is 1.91 bits per heavy atom. The van der Waals surface area contributed by atoms with Gasteiger partial charge in [0.2, 0.25) is 21.8 Å². The topological polar surface area (TPSA) is 194 Å². The molecule has 3 amide bonds. The zero-order chi connectivity index (χ0) is 38.2. The van der Waals surface area contributed by atoms with Crippen molar-refractivity contribution < 1.29 is 42.2 Å². The number of amides is 3. The van der Waals surface area contributed by atoms with E-state index in [2.05, 4.69) is 15.0 Å². The normalized spacial score (nSPS) is 26.1. The Morgan fingerprint density at radius 3 is 2.63 bits per heavy atom. The third kappa shape index (κ3) is 7.74. The maximum absolute atomic E-state index is 14.4. The van der Waals surface area contributed by atoms with Crippen molar-refractivity contribution in [3.63, 3.8) is 0 Å². The van der Waals surface area contributed by atoms with Gasteiger partial charge in [0.05, 0.1) is 42.2 Å². The van der Waals surface area contributed by atoms with E-state index in [9.17, 15) is 32.7 Å². The van der Waals surface area contributed by atoms with Crippen molar-refractivity contribution in [3.8, 4) is 22.9 Å². The number of aromatic nitrogens is 2. The van der Waals surface area contributed by atoms with Gasteiger partial charge in [0, 0.05) is 35.9 Å². The van der Waals surface area contributed by atoms with Crippen LogP contribution in [0.2, 0.25) is 5.02 Å². The number of hydrogen-bond donors (Lipinski definition) is 3. The molecule has 54 heavy (non-hydrogen) atoms. The smallest absolute Gasteiger partial charge is 0.304 e. The number of allylic oxidation sites excluding steroid dienone is 1. The number of carboxylic acid groups (broad SMARTS) is 1. The molecule has 14 nitrogen and oxygen atoms in total. The van der Waals surface area contributed by atoms with Crippen LogP contribution in [0, 0.1) is 11.8 Å². The van der Waals surface area contributed by atoms with E-state index in [-0.39, 0.29) is 24.4 Å². The number of sulfonamides is 1. The summed E-state index contributed by atoms with van der Waals surface area (Å²) in [7, 11) is -2.42. The number of carboxylic acids is 1. The summed E-state index contributed by atoms with van der Waals surface area (Å²) in [4.78, 5) is 64.8. The van der Waals surface area contributed by atoms with Crippen molar-refractivity contribution in [2.75, 3.05) is 13.7 Å². The molecule has 7 rings (SSSR count). The Hall–Kier alpha value is -4.76. The van der Waals surface area contributed by atoms with Crippen LogP contribution in [-0.4, -0.2) is 88.7 Å². The van der Waals surface area contributed by atoms with Gasteiger partial charge in [0.25, 0.3) is 5.91 Å². The molecule has 0 radical (unpaired) electrons. The highest BCUT2D eigenvalue weighted by Gasteiger charge is 2.62. The lowest BCUT2D eigenvalue weighted by Gasteiger charge is -2.29. The molecule has 4 aliphatic rings. The number of pyridine rings is 2. The fourth-order valence-electron chi connectivity index (χ4n) is 7.48. The second-order valence-electron chi connectivity index (χ2n) is 14.5. The lowest BCUT2D eigenvalue weighted by Crippen LogP contribution is -2.57. The Bertz CT molecular complexity index is 2110. The van der Waals surface area contributed by atoms with Crippen LogP contribution in [0.5, 0.6) is 11.5 Å². The van der Waals surface area contributed by atoms with Gasteiger partial charge in [0.1, 0.15) is 34.2 Å². The molecule has 286 valence electrons. The third-order valence-electron chi connectivity index (χ3n) is 10.7. The van der Waals surface area contributed by atoms with E-state index in [4.69, 9.17) is 26.1 Å². The van der Waals surface area contributed by atoms with Crippen molar-refractivity contribution in [1.82, 2.24) is 24.9 Å². The van der Waals surface area contributed by atoms with Gasteiger partial charge in [-0.3, -0.25) is 28.9 Å². The molecule has 4 heterocycles. The van der Waals surface area contributed by atoms with Gasteiger partial charge in [0.15, 0.2) is 0 Å². The number of carbonyl (C=O) groups is 4. The molecule has 0 spiro atoms. The Balaban J connectivity index is 1.24. The van der Waals surface area contributed by atoms with E-state index in [1.165, 1.54) is 12.0 Å². The Kier molecular flexibility index (Phi) is 10.5. The number of nitrogens with one attached hydrogen (secondary N) is 2. The van der Waals surface area contributed by atoms with Gasteiger partial charge in [-0.05, 0) is 62.8 Å². The first-order valence-electron chi connectivity index (χ1n) is 18.2.